The molecular formula is C13H10N2O3S. The van der Waals surface area contributed by atoms with E-state index in [0.717, 1.165) is 0 Å². The van der Waals surface area contributed by atoms with Crippen molar-refractivity contribution in [2.75, 3.05) is 4.72 Å². The van der Waals surface area contributed by atoms with Gasteiger partial charge in [0.1, 0.15) is 5.52 Å². The molecular weight excluding hydrogens is 264 g/mol. The molecule has 0 bridgehead atoms. The molecule has 0 unspecified atom stereocenters. The molecule has 19 heavy (non-hydrogen) atoms. The van der Waals surface area contributed by atoms with Gasteiger partial charge in [-0.05, 0) is 30.3 Å². The molecule has 0 radical (unpaired) electrons. The third-order valence-electron chi connectivity index (χ3n) is 2.64. The van der Waals surface area contributed by atoms with Crippen LogP contribution in [0.3, 0.4) is 0 Å². The minimum absolute atomic E-state index is 0.218. The van der Waals surface area contributed by atoms with Gasteiger partial charge in [-0.25, -0.2) is 13.4 Å². The summed E-state index contributed by atoms with van der Waals surface area (Å²) in [5.41, 5.74) is 1.67. The summed E-state index contributed by atoms with van der Waals surface area (Å²) >= 11 is 0. The molecule has 0 saturated carbocycles. The quantitative estimate of drug-likeness (QED) is 0.797. The van der Waals surface area contributed by atoms with Crippen molar-refractivity contribution < 1.29 is 12.8 Å². The zero-order valence-corrected chi connectivity index (χ0v) is 10.6. The monoisotopic (exact) mass is 274 g/mol. The highest BCUT2D eigenvalue weighted by atomic mass is 32.2. The zero-order valence-electron chi connectivity index (χ0n) is 9.78. The largest absolute Gasteiger partial charge is 0.443 e. The molecule has 0 aliphatic rings. The SMILES string of the molecule is O=S(=O)(Nc1ccc2ocnc2c1)c1ccccc1. The number of fused-ring (bicyclic) bond motifs is 1. The third-order valence-corrected chi connectivity index (χ3v) is 4.03. The lowest BCUT2D eigenvalue weighted by Gasteiger charge is -2.07. The van der Waals surface area contributed by atoms with Crippen LogP contribution in [0.25, 0.3) is 11.1 Å². The molecule has 1 N–H and O–H groups in total. The summed E-state index contributed by atoms with van der Waals surface area (Å²) in [6, 6.07) is 13.1. The highest BCUT2D eigenvalue weighted by Gasteiger charge is 2.13. The number of hydrogen-bond donors (Lipinski definition) is 1. The summed E-state index contributed by atoms with van der Waals surface area (Å²) in [4.78, 5) is 4.20. The van der Waals surface area contributed by atoms with Gasteiger partial charge in [0.2, 0.25) is 0 Å². The van der Waals surface area contributed by atoms with Crippen molar-refractivity contribution in [2.24, 2.45) is 0 Å². The first-order valence-electron chi connectivity index (χ1n) is 5.56. The Bertz CT molecular complexity index is 810. The van der Waals surface area contributed by atoms with Crippen LogP contribution in [0.15, 0.2) is 64.2 Å². The molecule has 0 aliphatic heterocycles. The molecule has 3 aromatic rings. The van der Waals surface area contributed by atoms with Gasteiger partial charge in [-0.3, -0.25) is 4.72 Å². The van der Waals surface area contributed by atoms with E-state index in [9.17, 15) is 8.42 Å². The van der Waals surface area contributed by atoms with Crippen molar-refractivity contribution in [3.05, 3.63) is 54.9 Å². The van der Waals surface area contributed by atoms with Crippen molar-refractivity contribution in [2.45, 2.75) is 4.90 Å². The lowest BCUT2D eigenvalue weighted by molar-refractivity contribution is 0.600. The van der Waals surface area contributed by atoms with Crippen LogP contribution in [0.4, 0.5) is 5.69 Å². The highest BCUT2D eigenvalue weighted by Crippen LogP contribution is 2.20. The maximum Gasteiger partial charge on any atom is 0.261 e. The molecule has 96 valence electrons. The topological polar surface area (TPSA) is 72.2 Å². The normalized spacial score (nSPS) is 11.6. The Hall–Kier alpha value is -2.34. The van der Waals surface area contributed by atoms with E-state index in [1.54, 1.807) is 36.4 Å². The van der Waals surface area contributed by atoms with Crippen LogP contribution in [0.1, 0.15) is 0 Å². The Balaban J connectivity index is 1.96. The molecule has 0 spiro atoms. The number of nitrogens with one attached hydrogen (secondary N) is 1. The maximum atomic E-state index is 12.1. The van der Waals surface area contributed by atoms with Crippen LogP contribution >= 0.6 is 0 Å². The summed E-state index contributed by atoms with van der Waals surface area (Å²) in [5.74, 6) is 0. The number of benzene rings is 2. The number of anilines is 1. The fourth-order valence-electron chi connectivity index (χ4n) is 1.74. The van der Waals surface area contributed by atoms with Gasteiger partial charge in [-0.1, -0.05) is 18.2 Å². The lowest BCUT2D eigenvalue weighted by Crippen LogP contribution is -2.12. The molecule has 0 amide bonds. The summed E-state index contributed by atoms with van der Waals surface area (Å²) < 4.78 is 31.8. The van der Waals surface area contributed by atoms with Crippen LogP contribution in [-0.2, 0) is 10.0 Å². The fraction of sp³-hybridized carbons (Fsp3) is 0. The van der Waals surface area contributed by atoms with Crippen LogP contribution in [0, 0.1) is 0 Å². The summed E-state index contributed by atoms with van der Waals surface area (Å²) in [7, 11) is -3.57. The molecule has 3 rings (SSSR count). The number of rotatable bonds is 3. The second-order valence-corrected chi connectivity index (χ2v) is 5.64. The molecule has 0 fully saturated rings. The molecule has 0 aliphatic carbocycles. The molecule has 0 saturated heterocycles. The van der Waals surface area contributed by atoms with Crippen LogP contribution < -0.4 is 4.72 Å². The Morgan fingerprint density at radius 2 is 1.84 bits per heavy atom. The first-order chi connectivity index (χ1) is 9.15. The van der Waals surface area contributed by atoms with Crippen LogP contribution in [0.2, 0.25) is 0 Å². The minimum atomic E-state index is -3.57. The van der Waals surface area contributed by atoms with Crippen molar-refractivity contribution in [1.82, 2.24) is 4.98 Å². The molecule has 1 aromatic heterocycles. The number of hydrogen-bond acceptors (Lipinski definition) is 4. The molecule has 2 aromatic carbocycles. The summed E-state index contributed by atoms with van der Waals surface area (Å²) in [6.45, 7) is 0. The summed E-state index contributed by atoms with van der Waals surface area (Å²) in [5, 5.41) is 0. The first-order valence-corrected chi connectivity index (χ1v) is 7.05. The van der Waals surface area contributed by atoms with Gasteiger partial charge in [-0.2, -0.15) is 0 Å². The number of sulfonamides is 1. The zero-order chi connectivity index (χ0) is 13.3. The van der Waals surface area contributed by atoms with Gasteiger partial charge in [-0.15, -0.1) is 0 Å². The predicted octanol–water partition coefficient (Wildman–Crippen LogP) is 2.63. The van der Waals surface area contributed by atoms with Crippen molar-refractivity contribution >= 4 is 26.8 Å². The van der Waals surface area contributed by atoms with Crippen molar-refractivity contribution in [3.8, 4) is 0 Å². The minimum Gasteiger partial charge on any atom is -0.443 e. The highest BCUT2D eigenvalue weighted by molar-refractivity contribution is 7.92. The number of aromatic nitrogens is 1. The van der Waals surface area contributed by atoms with Gasteiger partial charge in [0.05, 0.1) is 10.6 Å². The van der Waals surface area contributed by atoms with E-state index in [0.29, 0.717) is 16.8 Å². The third kappa shape index (κ3) is 2.30. The Morgan fingerprint density at radius 1 is 1.05 bits per heavy atom. The maximum absolute atomic E-state index is 12.1. The standard InChI is InChI=1S/C13H10N2O3S/c16-19(17,11-4-2-1-3-5-11)15-10-6-7-13-12(8-10)14-9-18-13/h1-9,15H. The Morgan fingerprint density at radius 3 is 2.63 bits per heavy atom. The van der Waals surface area contributed by atoms with Gasteiger partial charge in [0, 0.05) is 0 Å². The fourth-order valence-corrected chi connectivity index (χ4v) is 2.81. The number of oxazole rings is 1. The molecule has 1 heterocycles. The van der Waals surface area contributed by atoms with E-state index in [1.165, 1.54) is 18.5 Å². The smallest absolute Gasteiger partial charge is 0.261 e. The van der Waals surface area contributed by atoms with E-state index in [1.807, 2.05) is 0 Å². The number of nitrogens with zero attached hydrogens (tertiary/aromatic N) is 1. The van der Waals surface area contributed by atoms with E-state index < -0.39 is 10.0 Å². The van der Waals surface area contributed by atoms with Crippen LogP contribution in [-0.4, -0.2) is 13.4 Å². The second kappa shape index (κ2) is 4.40. The molecule has 6 heteroatoms. The predicted molar refractivity (Wildman–Crippen MR) is 71.3 cm³/mol. The average molecular weight is 274 g/mol. The van der Waals surface area contributed by atoms with E-state index in [2.05, 4.69) is 9.71 Å². The second-order valence-electron chi connectivity index (χ2n) is 3.95. The van der Waals surface area contributed by atoms with Crippen molar-refractivity contribution in [3.63, 3.8) is 0 Å². The van der Waals surface area contributed by atoms with E-state index in [4.69, 9.17) is 4.42 Å². The molecule has 5 nitrogen and oxygen atoms in total. The summed E-state index contributed by atoms with van der Waals surface area (Å²) in [6.07, 6.45) is 1.32. The van der Waals surface area contributed by atoms with E-state index >= 15 is 0 Å². The Labute approximate surface area is 109 Å². The average Bonchev–Trinajstić information content (AvgIpc) is 2.87. The van der Waals surface area contributed by atoms with Gasteiger partial charge in [0.25, 0.3) is 10.0 Å². The molecule has 0 atom stereocenters. The Kier molecular flexibility index (Phi) is 2.72. The lowest BCUT2D eigenvalue weighted by atomic mass is 10.3. The van der Waals surface area contributed by atoms with Gasteiger partial charge in [0.15, 0.2) is 12.0 Å². The van der Waals surface area contributed by atoms with Crippen molar-refractivity contribution in [1.29, 1.82) is 0 Å². The van der Waals surface area contributed by atoms with Crippen LogP contribution in [0.5, 0.6) is 0 Å². The van der Waals surface area contributed by atoms with E-state index in [-0.39, 0.29) is 4.90 Å². The van der Waals surface area contributed by atoms with Gasteiger partial charge >= 0.3 is 0 Å². The first kappa shape index (κ1) is 11.7. The van der Waals surface area contributed by atoms with Gasteiger partial charge < -0.3 is 4.42 Å².